The van der Waals surface area contributed by atoms with Gasteiger partial charge in [-0.15, -0.1) is 0 Å². The van der Waals surface area contributed by atoms with E-state index in [2.05, 4.69) is 52.2 Å². The molecule has 96 valence electrons. The third-order valence-corrected chi connectivity index (χ3v) is 4.56. The fourth-order valence-corrected chi connectivity index (χ4v) is 3.12. The summed E-state index contributed by atoms with van der Waals surface area (Å²) >= 11 is 5.12. The Labute approximate surface area is 124 Å². The van der Waals surface area contributed by atoms with Crippen molar-refractivity contribution in [2.75, 3.05) is 5.32 Å². The Hall–Kier alpha value is -1.39. The van der Waals surface area contributed by atoms with Crippen LogP contribution in [0.4, 0.5) is 10.8 Å². The van der Waals surface area contributed by atoms with E-state index in [9.17, 15) is 0 Å². The number of aromatic nitrogens is 1. The maximum atomic E-state index is 4.63. The second-order valence-electron chi connectivity index (χ2n) is 4.56. The molecule has 2 nitrogen and oxygen atoms in total. The van der Waals surface area contributed by atoms with Gasteiger partial charge in [-0.2, -0.15) is 0 Å². The second-order valence-corrected chi connectivity index (χ2v) is 6.50. The number of nitrogens with one attached hydrogen (secondary N) is 1. The standard InChI is InChI=1S/C15H13BrN2S/c1-9-7-13-14(8-10(9)2)19-15(18-13)17-12-5-3-11(16)4-6-12/h3-8H,1-2H3,(H,17,18). The van der Waals surface area contributed by atoms with Gasteiger partial charge in [0.25, 0.3) is 0 Å². The maximum Gasteiger partial charge on any atom is 0.188 e. The van der Waals surface area contributed by atoms with Gasteiger partial charge in [-0.25, -0.2) is 4.98 Å². The quantitative estimate of drug-likeness (QED) is 0.677. The van der Waals surface area contributed by atoms with E-state index in [1.165, 1.54) is 15.8 Å². The van der Waals surface area contributed by atoms with E-state index >= 15 is 0 Å². The smallest absolute Gasteiger partial charge is 0.188 e. The van der Waals surface area contributed by atoms with Crippen molar-refractivity contribution >= 4 is 48.3 Å². The summed E-state index contributed by atoms with van der Waals surface area (Å²) in [5.74, 6) is 0. The largest absolute Gasteiger partial charge is 0.332 e. The maximum absolute atomic E-state index is 4.63. The van der Waals surface area contributed by atoms with Crippen molar-refractivity contribution in [3.05, 3.63) is 52.0 Å². The van der Waals surface area contributed by atoms with Crippen molar-refractivity contribution in [1.82, 2.24) is 4.98 Å². The third kappa shape index (κ3) is 2.65. The van der Waals surface area contributed by atoms with Gasteiger partial charge >= 0.3 is 0 Å². The molecule has 1 N–H and O–H groups in total. The zero-order valence-electron chi connectivity index (χ0n) is 10.7. The lowest BCUT2D eigenvalue weighted by molar-refractivity contribution is 1.35. The molecule has 3 rings (SSSR count). The van der Waals surface area contributed by atoms with Gasteiger partial charge in [0.05, 0.1) is 10.2 Å². The van der Waals surface area contributed by atoms with Gasteiger partial charge in [0.1, 0.15) is 0 Å². The minimum absolute atomic E-state index is 0.933. The lowest BCUT2D eigenvalue weighted by atomic mass is 10.1. The summed E-state index contributed by atoms with van der Waals surface area (Å²) in [7, 11) is 0. The van der Waals surface area contributed by atoms with E-state index in [1.54, 1.807) is 11.3 Å². The Morgan fingerprint density at radius 3 is 2.47 bits per heavy atom. The molecule has 0 bridgehead atoms. The number of benzene rings is 2. The average molecular weight is 333 g/mol. The molecule has 0 atom stereocenters. The number of aryl methyl sites for hydroxylation is 2. The number of rotatable bonds is 2. The Morgan fingerprint density at radius 1 is 1.05 bits per heavy atom. The van der Waals surface area contributed by atoms with Gasteiger partial charge in [-0.05, 0) is 61.4 Å². The summed E-state index contributed by atoms with van der Waals surface area (Å²) in [6.07, 6.45) is 0. The van der Waals surface area contributed by atoms with Gasteiger partial charge in [0.15, 0.2) is 5.13 Å². The lowest BCUT2D eigenvalue weighted by Crippen LogP contribution is -1.88. The van der Waals surface area contributed by atoms with Crippen LogP contribution in [-0.2, 0) is 0 Å². The molecule has 0 saturated heterocycles. The van der Waals surface area contributed by atoms with E-state index in [-0.39, 0.29) is 0 Å². The van der Waals surface area contributed by atoms with Crippen molar-refractivity contribution in [1.29, 1.82) is 0 Å². The molecule has 1 heterocycles. The molecule has 0 aliphatic carbocycles. The van der Waals surface area contributed by atoms with Crippen LogP contribution in [0.1, 0.15) is 11.1 Å². The number of thiazole rings is 1. The van der Waals surface area contributed by atoms with Gasteiger partial charge in [-0.1, -0.05) is 27.3 Å². The number of nitrogens with zero attached hydrogens (tertiary/aromatic N) is 1. The SMILES string of the molecule is Cc1cc2nc(Nc3ccc(Br)cc3)sc2cc1C. The number of hydrogen-bond donors (Lipinski definition) is 1. The highest BCUT2D eigenvalue weighted by Gasteiger charge is 2.06. The van der Waals surface area contributed by atoms with E-state index in [0.717, 1.165) is 20.8 Å². The number of anilines is 2. The number of fused-ring (bicyclic) bond motifs is 1. The fraction of sp³-hybridized carbons (Fsp3) is 0.133. The summed E-state index contributed by atoms with van der Waals surface area (Å²) < 4.78 is 2.30. The summed E-state index contributed by atoms with van der Waals surface area (Å²) in [5.41, 5.74) is 4.71. The lowest BCUT2D eigenvalue weighted by Gasteiger charge is -2.01. The van der Waals surface area contributed by atoms with Crippen molar-refractivity contribution in [2.24, 2.45) is 0 Å². The monoisotopic (exact) mass is 332 g/mol. The van der Waals surface area contributed by atoms with Crippen molar-refractivity contribution in [3.8, 4) is 0 Å². The number of halogens is 1. The molecule has 19 heavy (non-hydrogen) atoms. The minimum atomic E-state index is 0.933. The Balaban J connectivity index is 1.95. The predicted octanol–water partition coefficient (Wildman–Crippen LogP) is 5.42. The van der Waals surface area contributed by atoms with Gasteiger partial charge in [0, 0.05) is 10.2 Å². The Bertz CT molecular complexity index is 693. The van der Waals surface area contributed by atoms with Crippen LogP contribution in [0.15, 0.2) is 40.9 Å². The molecule has 0 unspecified atom stereocenters. The van der Waals surface area contributed by atoms with Gasteiger partial charge in [-0.3, -0.25) is 0 Å². The Morgan fingerprint density at radius 2 is 1.74 bits per heavy atom. The summed E-state index contributed by atoms with van der Waals surface area (Å²) in [4.78, 5) is 4.63. The van der Waals surface area contributed by atoms with Crippen molar-refractivity contribution < 1.29 is 0 Å². The second kappa shape index (κ2) is 4.94. The molecule has 0 amide bonds. The van der Waals surface area contributed by atoms with Crippen LogP contribution in [0.5, 0.6) is 0 Å². The van der Waals surface area contributed by atoms with Crippen LogP contribution in [-0.4, -0.2) is 4.98 Å². The van der Waals surface area contributed by atoms with Crippen LogP contribution in [0.25, 0.3) is 10.2 Å². The first-order chi connectivity index (χ1) is 9.11. The predicted molar refractivity (Wildman–Crippen MR) is 86.5 cm³/mol. The van der Waals surface area contributed by atoms with Crippen molar-refractivity contribution in [3.63, 3.8) is 0 Å². The topological polar surface area (TPSA) is 24.9 Å². The zero-order valence-corrected chi connectivity index (χ0v) is 13.1. The molecule has 0 aliphatic rings. The number of hydrogen-bond acceptors (Lipinski definition) is 3. The van der Waals surface area contributed by atoms with Crippen LogP contribution in [0.3, 0.4) is 0 Å². The molecule has 0 radical (unpaired) electrons. The molecule has 3 aromatic rings. The first kappa shape index (κ1) is 12.6. The molecule has 4 heteroatoms. The first-order valence-corrected chi connectivity index (χ1v) is 7.63. The molecule has 0 saturated carbocycles. The van der Waals surface area contributed by atoms with Gasteiger partial charge < -0.3 is 5.32 Å². The molecular weight excluding hydrogens is 320 g/mol. The molecular formula is C15H13BrN2S. The molecule has 0 aliphatic heterocycles. The van der Waals surface area contributed by atoms with Crippen LogP contribution >= 0.6 is 27.3 Å². The van der Waals surface area contributed by atoms with E-state index < -0.39 is 0 Å². The normalized spacial score (nSPS) is 10.9. The van der Waals surface area contributed by atoms with Crippen molar-refractivity contribution in [2.45, 2.75) is 13.8 Å². The molecule has 0 spiro atoms. The van der Waals surface area contributed by atoms with Crippen LogP contribution < -0.4 is 5.32 Å². The third-order valence-electron chi connectivity index (χ3n) is 3.10. The highest BCUT2D eigenvalue weighted by atomic mass is 79.9. The van der Waals surface area contributed by atoms with E-state index in [1.807, 2.05) is 24.3 Å². The molecule has 0 fully saturated rings. The first-order valence-electron chi connectivity index (χ1n) is 6.02. The molecule has 1 aromatic heterocycles. The molecule has 2 aromatic carbocycles. The van der Waals surface area contributed by atoms with Crippen LogP contribution in [0, 0.1) is 13.8 Å². The van der Waals surface area contributed by atoms with E-state index in [4.69, 9.17) is 0 Å². The summed E-state index contributed by atoms with van der Waals surface area (Å²) in [6.45, 7) is 4.26. The van der Waals surface area contributed by atoms with Gasteiger partial charge in [0.2, 0.25) is 0 Å². The summed E-state index contributed by atoms with van der Waals surface area (Å²) in [6, 6.07) is 12.5. The minimum Gasteiger partial charge on any atom is -0.332 e. The van der Waals surface area contributed by atoms with E-state index in [0.29, 0.717) is 0 Å². The average Bonchev–Trinajstić information content (AvgIpc) is 2.74. The Kier molecular flexibility index (Phi) is 3.29. The highest BCUT2D eigenvalue weighted by molar-refractivity contribution is 9.10. The van der Waals surface area contributed by atoms with Crippen LogP contribution in [0.2, 0.25) is 0 Å². The highest BCUT2D eigenvalue weighted by Crippen LogP contribution is 2.30. The zero-order chi connectivity index (χ0) is 13.4. The summed E-state index contributed by atoms with van der Waals surface area (Å²) in [5, 5.41) is 4.28. The fourth-order valence-electron chi connectivity index (χ4n) is 1.89.